The number of hydrogen-bond donors (Lipinski definition) is 1. The third-order valence-corrected chi connectivity index (χ3v) is 1.88. The molecule has 6 heteroatoms. The molecule has 3 amide bonds. The maximum Gasteiger partial charge on any atom is 0.229 e. The van der Waals surface area contributed by atoms with E-state index in [1.165, 1.54) is 0 Å². The van der Waals surface area contributed by atoms with Crippen molar-refractivity contribution in [2.75, 3.05) is 6.54 Å². The van der Waals surface area contributed by atoms with Crippen LogP contribution in [0, 0.1) is 0 Å². The summed E-state index contributed by atoms with van der Waals surface area (Å²) in [6.07, 6.45) is 0.570. The summed E-state index contributed by atoms with van der Waals surface area (Å²) < 4.78 is 0. The quantitative estimate of drug-likeness (QED) is 0.434. The Morgan fingerprint density at radius 3 is 2.38 bits per heavy atom. The minimum Gasteiger partial charge on any atom is -0.409 e. The van der Waals surface area contributed by atoms with Crippen molar-refractivity contribution in [2.45, 2.75) is 19.3 Å². The molecular weight excluding hydrogens is 171 g/mol. The van der Waals surface area contributed by atoms with Gasteiger partial charge in [0, 0.05) is 25.8 Å². The number of likely N-dealkylation sites (tertiary alicyclic amines) is 1. The monoisotopic (exact) mass is 180 g/mol. The van der Waals surface area contributed by atoms with Gasteiger partial charge < -0.3 is 5.23 Å². The number of carbonyl (C=O) groups excluding carboxylic acids is 3. The number of imide groups is 1. The van der Waals surface area contributed by atoms with Crippen LogP contribution >= 0.6 is 0 Å². The van der Waals surface area contributed by atoms with E-state index >= 15 is 0 Å². The van der Waals surface area contributed by atoms with Gasteiger partial charge >= 0.3 is 0 Å². The van der Waals surface area contributed by atoms with E-state index in [4.69, 9.17) is 7.98 Å². The molecule has 1 aliphatic rings. The lowest BCUT2D eigenvalue weighted by atomic mass is 10.3. The molecule has 0 spiro atoms. The fraction of sp³-hybridized carbons (Fsp3) is 0.571. The fourth-order valence-corrected chi connectivity index (χ4v) is 1.16. The Bertz CT molecular complexity index is 238. The summed E-state index contributed by atoms with van der Waals surface area (Å²) in [7, 11) is 4.84. The number of hydrogen-bond acceptors (Lipinski definition) is 3. The highest BCUT2D eigenvalue weighted by atomic mass is 16.2. The van der Waals surface area contributed by atoms with E-state index in [-0.39, 0.29) is 43.5 Å². The summed E-state index contributed by atoms with van der Waals surface area (Å²) >= 11 is 0. The van der Waals surface area contributed by atoms with Crippen molar-refractivity contribution < 1.29 is 14.4 Å². The van der Waals surface area contributed by atoms with Crippen molar-refractivity contribution in [3.63, 3.8) is 0 Å². The maximum absolute atomic E-state index is 11.0. The third-order valence-electron chi connectivity index (χ3n) is 1.88. The summed E-state index contributed by atoms with van der Waals surface area (Å²) in [5.74, 6) is -0.808. The molecule has 0 aromatic heterocycles. The zero-order valence-electron chi connectivity index (χ0n) is 7.08. The molecular formula is C7H9BN2O3. The van der Waals surface area contributed by atoms with Gasteiger partial charge in [0.25, 0.3) is 0 Å². The largest absolute Gasteiger partial charge is 0.409 e. The number of amides is 3. The van der Waals surface area contributed by atoms with Crippen LogP contribution in [0.25, 0.3) is 0 Å². The van der Waals surface area contributed by atoms with Crippen LogP contribution in [0.15, 0.2) is 0 Å². The van der Waals surface area contributed by atoms with E-state index < -0.39 is 0 Å². The first-order valence-corrected chi connectivity index (χ1v) is 3.98. The molecule has 0 unspecified atom stereocenters. The maximum atomic E-state index is 11.0. The Kier molecular flexibility index (Phi) is 3.05. The first kappa shape index (κ1) is 9.76. The first-order chi connectivity index (χ1) is 6.15. The zero-order chi connectivity index (χ0) is 9.84. The average molecular weight is 180 g/mol. The van der Waals surface area contributed by atoms with Gasteiger partial charge in [-0.2, -0.15) is 0 Å². The molecule has 1 fully saturated rings. The van der Waals surface area contributed by atoms with Gasteiger partial charge in [-0.15, -0.1) is 0 Å². The molecule has 0 atom stereocenters. The van der Waals surface area contributed by atoms with Crippen molar-refractivity contribution in [1.82, 2.24) is 10.1 Å². The van der Waals surface area contributed by atoms with Gasteiger partial charge in [0.05, 0.1) is 0 Å². The Morgan fingerprint density at radius 2 is 1.92 bits per heavy atom. The molecule has 1 aliphatic heterocycles. The predicted molar refractivity (Wildman–Crippen MR) is 44.5 cm³/mol. The molecule has 68 valence electrons. The van der Waals surface area contributed by atoms with Crippen LogP contribution in [0.3, 0.4) is 0 Å². The topological polar surface area (TPSA) is 66.5 Å². The van der Waals surface area contributed by atoms with Crippen LogP contribution in [0.1, 0.15) is 19.3 Å². The van der Waals surface area contributed by atoms with Crippen LogP contribution in [0.2, 0.25) is 0 Å². The van der Waals surface area contributed by atoms with Crippen LogP contribution < -0.4 is 5.23 Å². The van der Waals surface area contributed by atoms with Gasteiger partial charge in [0.2, 0.25) is 25.7 Å². The molecule has 0 bridgehead atoms. The Hall–Kier alpha value is -1.33. The lowest BCUT2D eigenvalue weighted by molar-refractivity contribution is -0.138. The molecule has 5 nitrogen and oxygen atoms in total. The highest BCUT2D eigenvalue weighted by Gasteiger charge is 2.28. The van der Waals surface area contributed by atoms with Crippen LogP contribution in [-0.2, 0) is 14.4 Å². The molecule has 1 N–H and O–H groups in total. The predicted octanol–water partition coefficient (Wildman–Crippen LogP) is -1.27. The summed E-state index contributed by atoms with van der Waals surface area (Å²) in [5.41, 5.74) is 0. The Labute approximate surface area is 76.9 Å². The van der Waals surface area contributed by atoms with Crippen LogP contribution in [-0.4, -0.2) is 37.1 Å². The second-order valence-corrected chi connectivity index (χ2v) is 2.76. The van der Waals surface area contributed by atoms with E-state index in [1.54, 1.807) is 0 Å². The molecule has 1 heterocycles. The smallest absolute Gasteiger partial charge is 0.229 e. The number of nitrogens with one attached hydrogen (secondary N) is 1. The van der Waals surface area contributed by atoms with Crippen molar-refractivity contribution in [1.29, 1.82) is 0 Å². The highest BCUT2D eigenvalue weighted by molar-refractivity contribution is 6.14. The summed E-state index contributed by atoms with van der Waals surface area (Å²) in [6, 6.07) is 0. The van der Waals surface area contributed by atoms with Crippen LogP contribution in [0.5, 0.6) is 0 Å². The molecule has 13 heavy (non-hydrogen) atoms. The molecule has 0 aliphatic carbocycles. The minimum absolute atomic E-state index is 0.0635. The SMILES string of the molecule is [B]NC(=O)CCN1C(=O)CCC1=O. The molecule has 1 saturated heterocycles. The number of rotatable bonds is 3. The highest BCUT2D eigenvalue weighted by Crippen LogP contribution is 2.11. The summed E-state index contributed by atoms with van der Waals surface area (Å²) in [4.78, 5) is 33.8. The van der Waals surface area contributed by atoms with Crippen molar-refractivity contribution in [3.8, 4) is 0 Å². The minimum atomic E-state index is -0.382. The second-order valence-electron chi connectivity index (χ2n) is 2.76. The van der Waals surface area contributed by atoms with E-state index in [0.717, 1.165) is 4.90 Å². The second kappa shape index (κ2) is 4.07. The lowest BCUT2D eigenvalue weighted by Crippen LogP contribution is -2.33. The first-order valence-electron chi connectivity index (χ1n) is 3.98. The van der Waals surface area contributed by atoms with E-state index in [2.05, 4.69) is 0 Å². The van der Waals surface area contributed by atoms with Gasteiger partial charge in [-0.25, -0.2) is 0 Å². The molecule has 0 aromatic carbocycles. The van der Waals surface area contributed by atoms with Crippen LogP contribution in [0.4, 0.5) is 0 Å². The van der Waals surface area contributed by atoms with E-state index in [1.807, 2.05) is 5.23 Å². The van der Waals surface area contributed by atoms with Gasteiger partial charge in [-0.05, 0) is 0 Å². The summed E-state index contributed by atoms with van der Waals surface area (Å²) in [6.45, 7) is 0.126. The molecule has 2 radical (unpaired) electrons. The Balaban J connectivity index is 2.40. The van der Waals surface area contributed by atoms with Gasteiger partial charge in [-0.3, -0.25) is 19.3 Å². The van der Waals surface area contributed by atoms with Crippen molar-refractivity contribution in [3.05, 3.63) is 0 Å². The number of nitrogens with zero attached hydrogens (tertiary/aromatic N) is 1. The molecule has 0 saturated carbocycles. The molecule has 1 rings (SSSR count). The zero-order valence-corrected chi connectivity index (χ0v) is 7.08. The molecule has 0 aromatic rings. The van der Waals surface area contributed by atoms with Gasteiger partial charge in [-0.1, -0.05) is 0 Å². The van der Waals surface area contributed by atoms with Gasteiger partial charge in [0.1, 0.15) is 0 Å². The normalized spacial score (nSPS) is 16.5. The number of carbonyl (C=O) groups is 3. The van der Waals surface area contributed by atoms with Gasteiger partial charge in [0.15, 0.2) is 0 Å². The van der Waals surface area contributed by atoms with E-state index in [0.29, 0.717) is 0 Å². The van der Waals surface area contributed by atoms with Crippen molar-refractivity contribution >= 4 is 25.7 Å². The Morgan fingerprint density at radius 1 is 1.38 bits per heavy atom. The average Bonchev–Trinajstić information content (AvgIpc) is 2.43. The standard InChI is InChI=1S/C7H9BN2O3/c8-9-5(11)3-4-10-6(12)1-2-7(10)13/h1-4H2,(H,9,11). The van der Waals surface area contributed by atoms with Crippen molar-refractivity contribution in [2.24, 2.45) is 0 Å². The van der Waals surface area contributed by atoms with E-state index in [9.17, 15) is 14.4 Å². The summed E-state index contributed by atoms with van der Waals surface area (Å²) in [5, 5.41) is 1.93. The third kappa shape index (κ3) is 2.30. The lowest BCUT2D eigenvalue weighted by Gasteiger charge is -2.12. The fourth-order valence-electron chi connectivity index (χ4n) is 1.16.